The van der Waals surface area contributed by atoms with E-state index in [4.69, 9.17) is 0 Å². The normalized spacial score (nSPS) is 23.1. The molecule has 0 spiro atoms. The van der Waals surface area contributed by atoms with E-state index in [9.17, 15) is 4.79 Å². The maximum atomic E-state index is 11.8. The molecule has 2 atom stereocenters. The molecule has 16 heavy (non-hydrogen) atoms. The minimum absolute atomic E-state index is 0.231. The highest BCUT2D eigenvalue weighted by Gasteiger charge is 2.19. The first-order valence-electron chi connectivity index (χ1n) is 6.63. The van der Waals surface area contributed by atoms with E-state index in [1.807, 2.05) is 0 Å². The lowest BCUT2D eigenvalue weighted by Gasteiger charge is -2.25. The highest BCUT2D eigenvalue weighted by molar-refractivity contribution is 5.76. The standard InChI is InChI=1S/C13H26N2O/c1-4-12(10(2)3)15-13(16)8-11-6-5-7-14-9-11/h10-12,14H,4-9H2,1-3H3,(H,15,16). The van der Waals surface area contributed by atoms with Crippen LogP contribution in [-0.4, -0.2) is 25.0 Å². The van der Waals surface area contributed by atoms with Gasteiger partial charge in [-0.1, -0.05) is 20.8 Å². The smallest absolute Gasteiger partial charge is 0.220 e. The van der Waals surface area contributed by atoms with E-state index in [1.54, 1.807) is 0 Å². The average Bonchev–Trinajstić information content (AvgIpc) is 2.27. The van der Waals surface area contributed by atoms with Crippen LogP contribution in [-0.2, 0) is 4.79 Å². The van der Waals surface area contributed by atoms with Crippen LogP contribution >= 0.6 is 0 Å². The number of carbonyl (C=O) groups excluding carboxylic acids is 1. The van der Waals surface area contributed by atoms with Gasteiger partial charge >= 0.3 is 0 Å². The molecule has 1 amide bonds. The SMILES string of the molecule is CCC(NC(=O)CC1CCCNC1)C(C)C. The van der Waals surface area contributed by atoms with Crippen LogP contribution in [0, 0.1) is 11.8 Å². The lowest BCUT2D eigenvalue weighted by atomic mass is 9.95. The van der Waals surface area contributed by atoms with E-state index < -0.39 is 0 Å². The van der Waals surface area contributed by atoms with Crippen LogP contribution in [0.3, 0.4) is 0 Å². The molecule has 0 bridgehead atoms. The molecule has 2 N–H and O–H groups in total. The summed E-state index contributed by atoms with van der Waals surface area (Å²) in [7, 11) is 0. The van der Waals surface area contributed by atoms with Crippen molar-refractivity contribution >= 4 is 5.91 Å². The van der Waals surface area contributed by atoms with Gasteiger partial charge < -0.3 is 10.6 Å². The van der Waals surface area contributed by atoms with Gasteiger partial charge in [0, 0.05) is 12.5 Å². The molecule has 1 aliphatic rings. The number of piperidine rings is 1. The molecule has 1 aliphatic heterocycles. The minimum Gasteiger partial charge on any atom is -0.353 e. The van der Waals surface area contributed by atoms with Crippen LogP contribution in [0.1, 0.15) is 46.5 Å². The monoisotopic (exact) mass is 226 g/mol. The maximum Gasteiger partial charge on any atom is 0.220 e. The molecule has 1 rings (SSSR count). The van der Waals surface area contributed by atoms with Gasteiger partial charge in [0.05, 0.1) is 0 Å². The quantitative estimate of drug-likeness (QED) is 0.752. The molecular formula is C13H26N2O. The first-order valence-corrected chi connectivity index (χ1v) is 6.63. The number of carbonyl (C=O) groups is 1. The summed E-state index contributed by atoms with van der Waals surface area (Å²) in [6.07, 6.45) is 4.11. The van der Waals surface area contributed by atoms with Crippen molar-refractivity contribution in [3.63, 3.8) is 0 Å². The van der Waals surface area contributed by atoms with E-state index in [-0.39, 0.29) is 5.91 Å². The second-order valence-corrected chi connectivity index (χ2v) is 5.24. The Kier molecular flexibility index (Phi) is 5.81. The summed E-state index contributed by atoms with van der Waals surface area (Å²) in [6.45, 7) is 8.58. The molecule has 3 nitrogen and oxygen atoms in total. The van der Waals surface area contributed by atoms with Crippen molar-refractivity contribution in [2.75, 3.05) is 13.1 Å². The van der Waals surface area contributed by atoms with Gasteiger partial charge in [-0.05, 0) is 44.2 Å². The number of amides is 1. The molecule has 3 heteroatoms. The molecule has 1 fully saturated rings. The fraction of sp³-hybridized carbons (Fsp3) is 0.923. The van der Waals surface area contributed by atoms with Gasteiger partial charge in [-0.3, -0.25) is 4.79 Å². The summed E-state index contributed by atoms with van der Waals surface area (Å²) < 4.78 is 0. The van der Waals surface area contributed by atoms with Crippen molar-refractivity contribution in [1.29, 1.82) is 0 Å². The second kappa shape index (κ2) is 6.89. The number of rotatable bonds is 5. The lowest BCUT2D eigenvalue weighted by Crippen LogP contribution is -2.40. The van der Waals surface area contributed by atoms with E-state index >= 15 is 0 Å². The zero-order chi connectivity index (χ0) is 12.0. The largest absolute Gasteiger partial charge is 0.353 e. The van der Waals surface area contributed by atoms with Gasteiger partial charge in [0.2, 0.25) is 5.91 Å². The Labute approximate surface area is 99.4 Å². The second-order valence-electron chi connectivity index (χ2n) is 5.24. The minimum atomic E-state index is 0.231. The molecular weight excluding hydrogens is 200 g/mol. The topological polar surface area (TPSA) is 41.1 Å². The van der Waals surface area contributed by atoms with Gasteiger partial charge in [0.1, 0.15) is 0 Å². The van der Waals surface area contributed by atoms with Gasteiger partial charge in [0.25, 0.3) is 0 Å². The van der Waals surface area contributed by atoms with Crippen molar-refractivity contribution in [2.24, 2.45) is 11.8 Å². The van der Waals surface area contributed by atoms with Crippen molar-refractivity contribution in [3.05, 3.63) is 0 Å². The van der Waals surface area contributed by atoms with Crippen molar-refractivity contribution in [1.82, 2.24) is 10.6 Å². The summed E-state index contributed by atoms with van der Waals surface area (Å²) in [5.41, 5.74) is 0. The van der Waals surface area contributed by atoms with Crippen LogP contribution in [0.15, 0.2) is 0 Å². The van der Waals surface area contributed by atoms with Crippen LogP contribution in [0.25, 0.3) is 0 Å². The third-order valence-corrected chi connectivity index (χ3v) is 3.46. The third-order valence-electron chi connectivity index (χ3n) is 3.46. The zero-order valence-corrected chi connectivity index (χ0v) is 10.9. The summed E-state index contributed by atoms with van der Waals surface area (Å²) in [6, 6.07) is 0.337. The first-order chi connectivity index (χ1) is 7.63. The third kappa shape index (κ3) is 4.52. The summed E-state index contributed by atoms with van der Waals surface area (Å²) in [5, 5.41) is 6.50. The number of hydrogen-bond acceptors (Lipinski definition) is 2. The summed E-state index contributed by atoms with van der Waals surface area (Å²) in [4.78, 5) is 11.8. The van der Waals surface area contributed by atoms with Gasteiger partial charge in [0.15, 0.2) is 0 Å². The van der Waals surface area contributed by atoms with E-state index in [1.165, 1.54) is 12.8 Å². The molecule has 1 saturated heterocycles. The molecule has 0 aromatic carbocycles. The molecule has 0 saturated carbocycles. The zero-order valence-electron chi connectivity index (χ0n) is 10.9. The molecule has 0 aliphatic carbocycles. The van der Waals surface area contributed by atoms with Crippen LogP contribution < -0.4 is 10.6 Å². The highest BCUT2D eigenvalue weighted by atomic mass is 16.1. The molecule has 0 aromatic rings. The lowest BCUT2D eigenvalue weighted by molar-refractivity contribution is -0.123. The number of nitrogens with one attached hydrogen (secondary N) is 2. The Morgan fingerprint density at radius 2 is 2.25 bits per heavy atom. The molecule has 1 heterocycles. The van der Waals surface area contributed by atoms with Crippen LogP contribution in [0.5, 0.6) is 0 Å². The fourth-order valence-corrected chi connectivity index (χ4v) is 2.37. The first kappa shape index (κ1) is 13.5. The maximum absolute atomic E-state index is 11.8. The Balaban J connectivity index is 2.28. The van der Waals surface area contributed by atoms with Crippen molar-refractivity contribution < 1.29 is 4.79 Å². The highest BCUT2D eigenvalue weighted by Crippen LogP contribution is 2.14. The predicted molar refractivity (Wildman–Crippen MR) is 67.3 cm³/mol. The molecule has 0 aromatic heterocycles. The van der Waals surface area contributed by atoms with Gasteiger partial charge in [-0.2, -0.15) is 0 Å². The average molecular weight is 226 g/mol. The fourth-order valence-electron chi connectivity index (χ4n) is 2.37. The van der Waals surface area contributed by atoms with E-state index in [2.05, 4.69) is 31.4 Å². The summed E-state index contributed by atoms with van der Waals surface area (Å²) >= 11 is 0. The number of hydrogen-bond donors (Lipinski definition) is 2. The van der Waals surface area contributed by atoms with E-state index in [0.717, 1.165) is 19.5 Å². The Morgan fingerprint density at radius 1 is 1.50 bits per heavy atom. The van der Waals surface area contributed by atoms with Gasteiger partial charge in [-0.15, -0.1) is 0 Å². The molecule has 94 valence electrons. The summed E-state index contributed by atoms with van der Waals surface area (Å²) in [5.74, 6) is 1.30. The Bertz CT molecular complexity index is 210. The van der Waals surface area contributed by atoms with Gasteiger partial charge in [-0.25, -0.2) is 0 Å². The molecule has 2 unspecified atom stereocenters. The predicted octanol–water partition coefficient (Wildman–Crippen LogP) is 1.93. The van der Waals surface area contributed by atoms with Crippen LogP contribution in [0.4, 0.5) is 0 Å². The Morgan fingerprint density at radius 3 is 2.75 bits per heavy atom. The van der Waals surface area contributed by atoms with E-state index in [0.29, 0.717) is 24.3 Å². The van der Waals surface area contributed by atoms with Crippen molar-refractivity contribution in [3.8, 4) is 0 Å². The Hall–Kier alpha value is -0.570. The van der Waals surface area contributed by atoms with Crippen molar-refractivity contribution in [2.45, 2.75) is 52.5 Å². The van der Waals surface area contributed by atoms with Crippen LogP contribution in [0.2, 0.25) is 0 Å². The molecule has 0 radical (unpaired) electrons.